The summed E-state index contributed by atoms with van der Waals surface area (Å²) in [6, 6.07) is 5.25. The van der Waals surface area contributed by atoms with Gasteiger partial charge < -0.3 is 4.74 Å². The second-order valence-electron chi connectivity index (χ2n) is 3.87. The van der Waals surface area contributed by atoms with Gasteiger partial charge in [-0.3, -0.25) is 0 Å². The summed E-state index contributed by atoms with van der Waals surface area (Å²) >= 11 is 9.28. The Kier molecular flexibility index (Phi) is 6.24. The molecule has 1 aromatic carbocycles. The topological polar surface area (TPSA) is 43.4 Å². The third kappa shape index (κ3) is 5.78. The van der Waals surface area contributed by atoms with Crippen LogP contribution in [0.1, 0.15) is 13.3 Å². The van der Waals surface area contributed by atoms with Crippen LogP contribution in [0.25, 0.3) is 0 Å². The molecule has 0 spiro atoms. The van der Waals surface area contributed by atoms with Gasteiger partial charge in [0.05, 0.1) is 17.4 Å². The maximum absolute atomic E-state index is 11.0. The van der Waals surface area contributed by atoms with Crippen molar-refractivity contribution >= 4 is 47.3 Å². The zero-order valence-electron chi connectivity index (χ0n) is 9.70. The standard InChI is InChI=1S/C11H13BrCl2O3S/c1-2-8(7-18(14,15)16)6-17-11-4-3-9(12)5-10(11)13/h3-5,8H,2,6-7H2,1H3. The Hall–Kier alpha value is 0.0300. The van der Waals surface area contributed by atoms with Crippen molar-refractivity contribution in [2.75, 3.05) is 12.4 Å². The van der Waals surface area contributed by atoms with Crippen LogP contribution in [0, 0.1) is 5.92 Å². The fourth-order valence-electron chi connectivity index (χ4n) is 1.37. The van der Waals surface area contributed by atoms with E-state index in [0.29, 0.717) is 17.2 Å². The van der Waals surface area contributed by atoms with E-state index in [4.69, 9.17) is 27.0 Å². The number of hydrogen-bond donors (Lipinski definition) is 0. The van der Waals surface area contributed by atoms with E-state index in [9.17, 15) is 8.42 Å². The maximum Gasteiger partial charge on any atom is 0.232 e. The van der Waals surface area contributed by atoms with Gasteiger partial charge in [0.25, 0.3) is 0 Å². The van der Waals surface area contributed by atoms with Crippen LogP contribution in [0.3, 0.4) is 0 Å². The van der Waals surface area contributed by atoms with Crippen molar-refractivity contribution < 1.29 is 13.2 Å². The van der Waals surface area contributed by atoms with Crippen LogP contribution in [-0.4, -0.2) is 20.8 Å². The van der Waals surface area contributed by atoms with Crippen LogP contribution in [0.5, 0.6) is 5.75 Å². The van der Waals surface area contributed by atoms with Crippen LogP contribution in [0.2, 0.25) is 5.02 Å². The minimum absolute atomic E-state index is 0.0980. The lowest BCUT2D eigenvalue weighted by atomic mass is 10.1. The SMILES string of the molecule is CCC(COc1ccc(Br)cc1Cl)CS(=O)(=O)Cl. The summed E-state index contributed by atoms with van der Waals surface area (Å²) in [5.74, 6) is 0.289. The van der Waals surface area contributed by atoms with E-state index >= 15 is 0 Å². The molecule has 0 radical (unpaired) electrons. The summed E-state index contributed by atoms with van der Waals surface area (Å²) in [4.78, 5) is 0. The molecule has 1 aromatic rings. The van der Waals surface area contributed by atoms with E-state index in [2.05, 4.69) is 15.9 Å². The zero-order valence-corrected chi connectivity index (χ0v) is 13.6. The van der Waals surface area contributed by atoms with Crippen molar-refractivity contribution in [3.8, 4) is 5.75 Å². The molecule has 0 aliphatic heterocycles. The Bertz CT molecular complexity index is 505. The second-order valence-corrected chi connectivity index (χ2v) is 8.01. The van der Waals surface area contributed by atoms with Gasteiger partial charge in [0, 0.05) is 21.1 Å². The average molecular weight is 376 g/mol. The first-order valence-electron chi connectivity index (χ1n) is 5.32. The molecule has 1 unspecified atom stereocenters. The molecule has 0 saturated heterocycles. The summed E-state index contributed by atoms with van der Waals surface area (Å²) in [6.07, 6.45) is 0.667. The number of rotatable bonds is 6. The third-order valence-electron chi connectivity index (χ3n) is 2.38. The van der Waals surface area contributed by atoms with Crippen molar-refractivity contribution in [2.24, 2.45) is 5.92 Å². The summed E-state index contributed by atoms with van der Waals surface area (Å²) in [6.45, 7) is 2.16. The van der Waals surface area contributed by atoms with Crippen molar-refractivity contribution in [1.82, 2.24) is 0 Å². The molecule has 0 bridgehead atoms. The highest BCUT2D eigenvalue weighted by Gasteiger charge is 2.16. The quantitative estimate of drug-likeness (QED) is 0.703. The van der Waals surface area contributed by atoms with Crippen molar-refractivity contribution in [3.63, 3.8) is 0 Å². The van der Waals surface area contributed by atoms with E-state index < -0.39 is 9.05 Å². The lowest BCUT2D eigenvalue weighted by molar-refractivity contribution is 0.258. The predicted octanol–water partition coefficient (Wildman–Crippen LogP) is 4.08. The summed E-state index contributed by atoms with van der Waals surface area (Å²) in [7, 11) is 1.72. The molecule has 0 fully saturated rings. The molecule has 1 atom stereocenters. The molecule has 3 nitrogen and oxygen atoms in total. The highest BCUT2D eigenvalue weighted by molar-refractivity contribution is 9.10. The maximum atomic E-state index is 11.0. The van der Waals surface area contributed by atoms with Crippen LogP contribution < -0.4 is 4.74 Å². The molecule has 18 heavy (non-hydrogen) atoms. The zero-order chi connectivity index (χ0) is 13.8. The van der Waals surface area contributed by atoms with Gasteiger partial charge in [0.1, 0.15) is 5.75 Å². The fraction of sp³-hybridized carbons (Fsp3) is 0.455. The highest BCUT2D eigenvalue weighted by Crippen LogP contribution is 2.28. The van der Waals surface area contributed by atoms with Crippen LogP contribution in [0.15, 0.2) is 22.7 Å². The summed E-state index contributed by atoms with van der Waals surface area (Å²) in [5, 5.41) is 0.480. The molecular weight excluding hydrogens is 363 g/mol. The molecule has 0 aliphatic carbocycles. The minimum atomic E-state index is -3.50. The number of benzene rings is 1. The lowest BCUT2D eigenvalue weighted by Crippen LogP contribution is -2.19. The molecular formula is C11H13BrCl2O3S. The van der Waals surface area contributed by atoms with Crippen LogP contribution in [-0.2, 0) is 9.05 Å². The third-order valence-corrected chi connectivity index (χ3v) is 4.42. The molecule has 0 aromatic heterocycles. The molecule has 102 valence electrons. The molecule has 0 saturated carbocycles. The average Bonchev–Trinajstić information content (AvgIpc) is 2.24. The Labute approximate surface area is 125 Å². The van der Waals surface area contributed by atoms with Crippen molar-refractivity contribution in [1.29, 1.82) is 0 Å². The first-order valence-corrected chi connectivity index (χ1v) is 8.97. The minimum Gasteiger partial charge on any atom is -0.492 e. The first-order chi connectivity index (χ1) is 8.31. The van der Waals surface area contributed by atoms with E-state index in [1.807, 2.05) is 6.92 Å². The lowest BCUT2D eigenvalue weighted by Gasteiger charge is -2.15. The molecule has 0 N–H and O–H groups in total. The van der Waals surface area contributed by atoms with Gasteiger partial charge in [-0.05, 0) is 24.6 Å². The van der Waals surface area contributed by atoms with E-state index in [-0.39, 0.29) is 18.3 Å². The number of hydrogen-bond acceptors (Lipinski definition) is 3. The Balaban J connectivity index is 2.62. The smallest absolute Gasteiger partial charge is 0.232 e. The van der Waals surface area contributed by atoms with Crippen LogP contribution >= 0.6 is 38.2 Å². The molecule has 1 rings (SSSR count). The monoisotopic (exact) mass is 374 g/mol. The Morgan fingerprint density at radius 1 is 1.44 bits per heavy atom. The summed E-state index contributed by atoms with van der Waals surface area (Å²) < 4.78 is 28.4. The Morgan fingerprint density at radius 3 is 2.61 bits per heavy atom. The molecule has 7 heteroatoms. The number of ether oxygens (including phenoxy) is 1. The van der Waals surface area contributed by atoms with E-state index in [0.717, 1.165) is 4.47 Å². The molecule has 0 aliphatic rings. The largest absolute Gasteiger partial charge is 0.492 e. The summed E-state index contributed by atoms with van der Waals surface area (Å²) in [5.41, 5.74) is 0. The highest BCUT2D eigenvalue weighted by atomic mass is 79.9. The number of halogens is 3. The predicted molar refractivity (Wildman–Crippen MR) is 78.1 cm³/mol. The second kappa shape index (κ2) is 6.98. The molecule has 0 heterocycles. The normalized spacial score (nSPS) is 13.3. The van der Waals surface area contributed by atoms with Crippen molar-refractivity contribution in [3.05, 3.63) is 27.7 Å². The van der Waals surface area contributed by atoms with Gasteiger partial charge in [0.15, 0.2) is 0 Å². The van der Waals surface area contributed by atoms with Gasteiger partial charge in [0.2, 0.25) is 9.05 Å². The fourth-order valence-corrected chi connectivity index (χ4v) is 3.52. The first kappa shape index (κ1) is 16.1. The van der Waals surface area contributed by atoms with Gasteiger partial charge in [-0.2, -0.15) is 0 Å². The van der Waals surface area contributed by atoms with Crippen LogP contribution in [0.4, 0.5) is 0 Å². The van der Waals surface area contributed by atoms with E-state index in [1.165, 1.54) is 0 Å². The Morgan fingerprint density at radius 2 is 2.11 bits per heavy atom. The van der Waals surface area contributed by atoms with Gasteiger partial charge >= 0.3 is 0 Å². The van der Waals surface area contributed by atoms with Gasteiger partial charge in [-0.25, -0.2) is 8.42 Å². The van der Waals surface area contributed by atoms with Gasteiger partial charge in [-0.1, -0.05) is 34.5 Å². The van der Waals surface area contributed by atoms with Gasteiger partial charge in [-0.15, -0.1) is 0 Å². The molecule has 0 amide bonds. The van der Waals surface area contributed by atoms with Crippen molar-refractivity contribution in [2.45, 2.75) is 13.3 Å². The van der Waals surface area contributed by atoms with E-state index in [1.54, 1.807) is 18.2 Å².